The van der Waals surface area contributed by atoms with Gasteiger partial charge >= 0.3 is 5.97 Å². The minimum Gasteiger partial charge on any atom is -0.480 e. The Kier molecular flexibility index (Phi) is 3.43. The second kappa shape index (κ2) is 4.72. The molecule has 0 heterocycles. The van der Waals surface area contributed by atoms with E-state index in [0.717, 1.165) is 6.42 Å². The molecular weight excluding hydrogens is 252 g/mol. The molecule has 2 rings (SSSR count). The normalized spacial score (nSPS) is 19.3. The van der Waals surface area contributed by atoms with Crippen LogP contribution in [0.2, 0.25) is 0 Å². The van der Waals surface area contributed by atoms with Gasteiger partial charge in [-0.25, -0.2) is 8.42 Å². The number of benzene rings is 1. The van der Waals surface area contributed by atoms with Gasteiger partial charge in [-0.1, -0.05) is 37.5 Å². The van der Waals surface area contributed by atoms with E-state index in [9.17, 15) is 18.3 Å². The van der Waals surface area contributed by atoms with Crippen LogP contribution in [0.25, 0.3) is 0 Å². The monoisotopic (exact) mass is 268 g/mol. The first kappa shape index (κ1) is 13.1. The topological polar surface area (TPSA) is 71.4 Å². The Morgan fingerprint density at radius 2 is 1.61 bits per heavy atom. The zero-order valence-electron chi connectivity index (χ0n) is 10.0. The number of hydrogen-bond donors (Lipinski definition) is 1. The fourth-order valence-corrected chi connectivity index (χ4v) is 4.57. The smallest absolute Gasteiger partial charge is 0.325 e. The molecule has 1 fully saturated rings. The molecule has 18 heavy (non-hydrogen) atoms. The van der Waals surface area contributed by atoms with Gasteiger partial charge in [0.05, 0.1) is 4.90 Å². The molecule has 0 bridgehead atoms. The third-order valence-corrected chi connectivity index (χ3v) is 6.12. The molecule has 0 unspecified atom stereocenters. The van der Waals surface area contributed by atoms with E-state index >= 15 is 0 Å². The molecule has 0 radical (unpaired) electrons. The lowest BCUT2D eigenvalue weighted by molar-refractivity contribution is -0.141. The summed E-state index contributed by atoms with van der Waals surface area (Å²) in [5.74, 6) is -1.22. The minimum absolute atomic E-state index is 0.106. The number of carboxylic acid groups (broad SMARTS) is 1. The molecule has 98 valence electrons. The maximum atomic E-state index is 12.6. The van der Waals surface area contributed by atoms with Crippen molar-refractivity contribution in [3.8, 4) is 0 Å². The molecule has 4 nitrogen and oxygen atoms in total. The Labute approximate surface area is 107 Å². The standard InChI is InChI=1S/C13H16O4S/c14-12(15)13(9-5-2-6-10-13)18(16,17)11-7-3-1-4-8-11/h1,3-4,7-8H,2,5-6,9-10H2,(H,14,15). The molecule has 1 saturated carbocycles. The molecule has 0 atom stereocenters. The van der Waals surface area contributed by atoms with Gasteiger partial charge in [-0.2, -0.15) is 0 Å². The van der Waals surface area contributed by atoms with Crippen LogP contribution < -0.4 is 0 Å². The van der Waals surface area contributed by atoms with Gasteiger partial charge in [-0.15, -0.1) is 0 Å². The summed E-state index contributed by atoms with van der Waals surface area (Å²) >= 11 is 0. The Morgan fingerprint density at radius 1 is 1.06 bits per heavy atom. The molecule has 1 N–H and O–H groups in total. The van der Waals surface area contributed by atoms with Crippen molar-refractivity contribution in [1.29, 1.82) is 0 Å². The highest BCUT2D eigenvalue weighted by molar-refractivity contribution is 7.93. The van der Waals surface area contributed by atoms with E-state index in [1.165, 1.54) is 12.1 Å². The van der Waals surface area contributed by atoms with Crippen LogP contribution in [0.1, 0.15) is 32.1 Å². The second-order valence-electron chi connectivity index (χ2n) is 4.68. The van der Waals surface area contributed by atoms with Crippen molar-refractivity contribution < 1.29 is 18.3 Å². The fourth-order valence-electron chi connectivity index (χ4n) is 2.55. The second-order valence-corrected chi connectivity index (χ2v) is 6.94. The Bertz CT molecular complexity index is 527. The van der Waals surface area contributed by atoms with Crippen molar-refractivity contribution in [1.82, 2.24) is 0 Å². The predicted molar refractivity (Wildman–Crippen MR) is 67.1 cm³/mol. The molecular formula is C13H16O4S. The Balaban J connectivity index is 2.52. The summed E-state index contributed by atoms with van der Waals surface area (Å²) in [6.45, 7) is 0. The van der Waals surface area contributed by atoms with Crippen molar-refractivity contribution in [2.24, 2.45) is 0 Å². The maximum Gasteiger partial charge on any atom is 0.325 e. The lowest BCUT2D eigenvalue weighted by Crippen LogP contribution is -2.47. The molecule has 0 saturated heterocycles. The highest BCUT2D eigenvalue weighted by Crippen LogP contribution is 2.39. The van der Waals surface area contributed by atoms with E-state index < -0.39 is 20.6 Å². The van der Waals surface area contributed by atoms with E-state index in [0.29, 0.717) is 12.8 Å². The summed E-state index contributed by atoms with van der Waals surface area (Å²) < 4.78 is 23.5. The number of sulfone groups is 1. The van der Waals surface area contributed by atoms with Crippen LogP contribution >= 0.6 is 0 Å². The number of hydrogen-bond acceptors (Lipinski definition) is 3. The molecule has 0 aliphatic heterocycles. The summed E-state index contributed by atoms with van der Waals surface area (Å²) in [5, 5.41) is 9.41. The van der Waals surface area contributed by atoms with E-state index in [1.807, 2.05) is 0 Å². The number of aliphatic carboxylic acids is 1. The van der Waals surface area contributed by atoms with Crippen molar-refractivity contribution in [2.45, 2.75) is 41.7 Å². The molecule has 0 aromatic heterocycles. The summed E-state index contributed by atoms with van der Waals surface area (Å²) in [6.07, 6.45) is 2.62. The zero-order chi connectivity index (χ0) is 13.2. The highest BCUT2D eigenvalue weighted by Gasteiger charge is 2.51. The lowest BCUT2D eigenvalue weighted by Gasteiger charge is -2.32. The van der Waals surface area contributed by atoms with Crippen molar-refractivity contribution in [2.75, 3.05) is 0 Å². The summed E-state index contributed by atoms with van der Waals surface area (Å²) in [5.41, 5.74) is 0. The van der Waals surface area contributed by atoms with Crippen LogP contribution in [0.15, 0.2) is 35.2 Å². The quantitative estimate of drug-likeness (QED) is 0.912. The van der Waals surface area contributed by atoms with Crippen LogP contribution in [0.5, 0.6) is 0 Å². The Hall–Kier alpha value is -1.36. The Morgan fingerprint density at radius 3 is 2.11 bits per heavy atom. The molecule has 1 aliphatic carbocycles. The third kappa shape index (κ3) is 1.92. The van der Waals surface area contributed by atoms with Crippen LogP contribution in [0.4, 0.5) is 0 Å². The molecule has 1 aliphatic rings. The first-order valence-electron chi connectivity index (χ1n) is 6.04. The lowest BCUT2D eigenvalue weighted by atomic mass is 9.88. The summed E-state index contributed by atoms with van der Waals surface area (Å²) in [7, 11) is -3.82. The van der Waals surface area contributed by atoms with Crippen LogP contribution in [0, 0.1) is 0 Å². The predicted octanol–water partition coefficient (Wildman–Crippen LogP) is 2.25. The van der Waals surface area contributed by atoms with E-state index in [-0.39, 0.29) is 17.7 Å². The van der Waals surface area contributed by atoms with Gasteiger partial charge in [0.15, 0.2) is 14.6 Å². The van der Waals surface area contributed by atoms with Crippen LogP contribution in [0.3, 0.4) is 0 Å². The van der Waals surface area contributed by atoms with Gasteiger partial charge in [0, 0.05) is 0 Å². The third-order valence-electron chi connectivity index (χ3n) is 3.62. The van der Waals surface area contributed by atoms with Gasteiger partial charge in [0.1, 0.15) is 0 Å². The number of carbonyl (C=O) groups is 1. The molecule has 1 aromatic rings. The zero-order valence-corrected chi connectivity index (χ0v) is 10.8. The average Bonchev–Trinajstić information content (AvgIpc) is 2.40. The van der Waals surface area contributed by atoms with Gasteiger partial charge in [0.25, 0.3) is 0 Å². The first-order valence-corrected chi connectivity index (χ1v) is 7.52. The van der Waals surface area contributed by atoms with Gasteiger partial charge in [-0.3, -0.25) is 4.79 Å². The first-order chi connectivity index (χ1) is 8.51. The molecule has 0 spiro atoms. The van der Waals surface area contributed by atoms with Crippen molar-refractivity contribution >= 4 is 15.8 Å². The fraction of sp³-hybridized carbons (Fsp3) is 0.462. The molecule has 1 aromatic carbocycles. The number of carboxylic acids is 1. The van der Waals surface area contributed by atoms with Crippen molar-refractivity contribution in [3.05, 3.63) is 30.3 Å². The largest absolute Gasteiger partial charge is 0.480 e. The SMILES string of the molecule is O=C(O)C1(S(=O)(=O)c2ccccc2)CCCCC1. The van der Waals surface area contributed by atoms with Crippen LogP contribution in [-0.4, -0.2) is 24.2 Å². The van der Waals surface area contributed by atoms with Gasteiger partial charge < -0.3 is 5.11 Å². The summed E-state index contributed by atoms with van der Waals surface area (Å²) in [6, 6.07) is 7.88. The van der Waals surface area contributed by atoms with Crippen LogP contribution in [-0.2, 0) is 14.6 Å². The van der Waals surface area contributed by atoms with E-state index in [1.54, 1.807) is 18.2 Å². The molecule has 0 amide bonds. The van der Waals surface area contributed by atoms with Gasteiger partial charge in [0.2, 0.25) is 0 Å². The van der Waals surface area contributed by atoms with E-state index in [2.05, 4.69) is 0 Å². The summed E-state index contributed by atoms with van der Waals surface area (Å²) in [4.78, 5) is 11.6. The van der Waals surface area contributed by atoms with Crippen molar-refractivity contribution in [3.63, 3.8) is 0 Å². The molecule has 5 heteroatoms. The number of rotatable bonds is 3. The van der Waals surface area contributed by atoms with E-state index in [4.69, 9.17) is 0 Å². The minimum atomic E-state index is -3.82. The highest BCUT2D eigenvalue weighted by atomic mass is 32.2. The van der Waals surface area contributed by atoms with Gasteiger partial charge in [-0.05, 0) is 25.0 Å². The average molecular weight is 268 g/mol. The maximum absolute atomic E-state index is 12.6.